The van der Waals surface area contributed by atoms with Crippen LogP contribution in [-0.4, -0.2) is 68.3 Å². The van der Waals surface area contributed by atoms with Crippen LogP contribution in [0.2, 0.25) is 0 Å². The van der Waals surface area contributed by atoms with E-state index >= 15 is 0 Å². The van der Waals surface area contributed by atoms with E-state index in [0.717, 1.165) is 13.1 Å². The molecule has 18 heavy (non-hydrogen) atoms. The minimum absolute atomic E-state index is 0.0616. The SMILES string of the molecule is CC(CNC(=O)N1CCOCC1)CN1CCCC1. The maximum absolute atomic E-state index is 11.9. The molecule has 0 spiro atoms. The van der Waals surface area contributed by atoms with Crippen molar-refractivity contribution in [3.05, 3.63) is 0 Å². The van der Waals surface area contributed by atoms with Crippen molar-refractivity contribution in [2.75, 3.05) is 52.5 Å². The summed E-state index contributed by atoms with van der Waals surface area (Å²) in [6.07, 6.45) is 2.65. The number of rotatable bonds is 4. The fourth-order valence-corrected chi connectivity index (χ4v) is 2.61. The van der Waals surface area contributed by atoms with Gasteiger partial charge in [0.15, 0.2) is 0 Å². The molecule has 2 heterocycles. The topological polar surface area (TPSA) is 44.8 Å². The molecule has 0 bridgehead atoms. The Kier molecular flexibility index (Phi) is 5.26. The molecule has 0 saturated carbocycles. The average molecular weight is 255 g/mol. The number of morpholine rings is 1. The van der Waals surface area contributed by atoms with Crippen LogP contribution in [0.3, 0.4) is 0 Å². The first-order valence-electron chi connectivity index (χ1n) is 7.08. The molecule has 2 fully saturated rings. The summed E-state index contributed by atoms with van der Waals surface area (Å²) >= 11 is 0. The molecule has 0 aromatic heterocycles. The third kappa shape index (κ3) is 4.14. The Morgan fingerprint density at radius 3 is 2.56 bits per heavy atom. The molecule has 104 valence electrons. The molecule has 2 aliphatic heterocycles. The molecule has 5 nitrogen and oxygen atoms in total. The first-order valence-corrected chi connectivity index (χ1v) is 7.08. The highest BCUT2D eigenvalue weighted by molar-refractivity contribution is 5.74. The maximum Gasteiger partial charge on any atom is 0.317 e. The highest BCUT2D eigenvalue weighted by atomic mass is 16.5. The van der Waals surface area contributed by atoms with Crippen LogP contribution in [0.1, 0.15) is 19.8 Å². The zero-order valence-electron chi connectivity index (χ0n) is 11.4. The van der Waals surface area contributed by atoms with E-state index in [-0.39, 0.29) is 6.03 Å². The molecular formula is C13H25N3O2. The van der Waals surface area contributed by atoms with Gasteiger partial charge in [-0.2, -0.15) is 0 Å². The molecule has 0 aromatic carbocycles. The predicted octanol–water partition coefficient (Wildman–Crippen LogP) is 0.760. The van der Waals surface area contributed by atoms with E-state index in [1.807, 2.05) is 4.90 Å². The van der Waals surface area contributed by atoms with Crippen LogP contribution in [-0.2, 0) is 4.74 Å². The number of urea groups is 1. The van der Waals surface area contributed by atoms with Crippen LogP contribution in [0, 0.1) is 5.92 Å². The molecule has 0 aliphatic carbocycles. The van der Waals surface area contributed by atoms with Crippen molar-refractivity contribution in [2.24, 2.45) is 5.92 Å². The average Bonchev–Trinajstić information content (AvgIpc) is 2.90. The maximum atomic E-state index is 11.9. The summed E-state index contributed by atoms with van der Waals surface area (Å²) < 4.78 is 5.24. The summed E-state index contributed by atoms with van der Waals surface area (Å²) in [6.45, 7) is 9.28. The molecule has 2 saturated heterocycles. The number of hydrogen-bond donors (Lipinski definition) is 1. The van der Waals surface area contributed by atoms with Gasteiger partial charge in [0, 0.05) is 26.2 Å². The van der Waals surface area contributed by atoms with Gasteiger partial charge in [-0.3, -0.25) is 0 Å². The van der Waals surface area contributed by atoms with Crippen molar-refractivity contribution < 1.29 is 9.53 Å². The lowest BCUT2D eigenvalue weighted by molar-refractivity contribution is 0.0529. The molecular weight excluding hydrogens is 230 g/mol. The Labute approximate surface area is 109 Å². The summed E-state index contributed by atoms with van der Waals surface area (Å²) in [6, 6.07) is 0.0616. The van der Waals surface area contributed by atoms with Gasteiger partial charge < -0.3 is 19.9 Å². The van der Waals surface area contributed by atoms with Crippen LogP contribution in [0.15, 0.2) is 0 Å². The van der Waals surface area contributed by atoms with E-state index in [2.05, 4.69) is 17.1 Å². The molecule has 1 atom stereocenters. The summed E-state index contributed by atoms with van der Waals surface area (Å²) in [7, 11) is 0. The van der Waals surface area contributed by atoms with Crippen molar-refractivity contribution in [1.29, 1.82) is 0 Å². The number of carbonyl (C=O) groups is 1. The Morgan fingerprint density at radius 2 is 1.89 bits per heavy atom. The quantitative estimate of drug-likeness (QED) is 0.806. The van der Waals surface area contributed by atoms with Gasteiger partial charge in [0.2, 0.25) is 0 Å². The number of hydrogen-bond acceptors (Lipinski definition) is 3. The second-order valence-corrected chi connectivity index (χ2v) is 5.40. The van der Waals surface area contributed by atoms with Gasteiger partial charge in [-0.05, 0) is 31.8 Å². The van der Waals surface area contributed by atoms with Gasteiger partial charge in [-0.1, -0.05) is 6.92 Å². The van der Waals surface area contributed by atoms with E-state index in [1.54, 1.807) is 0 Å². The summed E-state index contributed by atoms with van der Waals surface area (Å²) in [5.41, 5.74) is 0. The molecule has 2 amide bonds. The molecule has 1 unspecified atom stereocenters. The van der Waals surface area contributed by atoms with Crippen LogP contribution in [0.25, 0.3) is 0 Å². The smallest absolute Gasteiger partial charge is 0.317 e. The molecule has 1 N–H and O–H groups in total. The van der Waals surface area contributed by atoms with Crippen molar-refractivity contribution >= 4 is 6.03 Å². The molecule has 2 rings (SSSR count). The van der Waals surface area contributed by atoms with Crippen LogP contribution >= 0.6 is 0 Å². The first kappa shape index (κ1) is 13.6. The highest BCUT2D eigenvalue weighted by Gasteiger charge is 2.18. The number of carbonyl (C=O) groups excluding carboxylic acids is 1. The monoisotopic (exact) mass is 255 g/mol. The number of ether oxygens (including phenoxy) is 1. The largest absolute Gasteiger partial charge is 0.378 e. The second-order valence-electron chi connectivity index (χ2n) is 5.40. The Bertz CT molecular complexity index is 261. The lowest BCUT2D eigenvalue weighted by Crippen LogP contribution is -2.47. The number of nitrogens with one attached hydrogen (secondary N) is 1. The summed E-state index contributed by atoms with van der Waals surface area (Å²) in [5, 5.41) is 3.03. The zero-order chi connectivity index (χ0) is 12.8. The number of amides is 2. The predicted molar refractivity (Wildman–Crippen MR) is 70.6 cm³/mol. The molecule has 5 heteroatoms. The Hall–Kier alpha value is -0.810. The second kappa shape index (κ2) is 6.95. The highest BCUT2D eigenvalue weighted by Crippen LogP contribution is 2.09. The van der Waals surface area contributed by atoms with E-state index in [1.165, 1.54) is 25.9 Å². The van der Waals surface area contributed by atoms with Crippen molar-refractivity contribution in [3.63, 3.8) is 0 Å². The molecule has 2 aliphatic rings. The van der Waals surface area contributed by atoms with Crippen molar-refractivity contribution in [2.45, 2.75) is 19.8 Å². The first-order chi connectivity index (χ1) is 8.75. The van der Waals surface area contributed by atoms with Crippen LogP contribution < -0.4 is 5.32 Å². The van der Waals surface area contributed by atoms with E-state index < -0.39 is 0 Å². The number of nitrogens with zero attached hydrogens (tertiary/aromatic N) is 2. The lowest BCUT2D eigenvalue weighted by atomic mass is 10.1. The minimum atomic E-state index is 0.0616. The van der Waals surface area contributed by atoms with Gasteiger partial charge in [0.1, 0.15) is 0 Å². The fraction of sp³-hybridized carbons (Fsp3) is 0.923. The summed E-state index contributed by atoms with van der Waals surface area (Å²) in [5.74, 6) is 0.521. The molecule has 0 radical (unpaired) electrons. The normalized spacial score (nSPS) is 23.1. The van der Waals surface area contributed by atoms with Crippen molar-refractivity contribution in [1.82, 2.24) is 15.1 Å². The van der Waals surface area contributed by atoms with Crippen LogP contribution in [0.5, 0.6) is 0 Å². The van der Waals surface area contributed by atoms with Crippen LogP contribution in [0.4, 0.5) is 4.79 Å². The molecule has 0 aromatic rings. The van der Waals surface area contributed by atoms with Gasteiger partial charge in [0.25, 0.3) is 0 Å². The van der Waals surface area contributed by atoms with Gasteiger partial charge in [-0.25, -0.2) is 4.79 Å². The third-order valence-electron chi connectivity index (χ3n) is 3.67. The third-order valence-corrected chi connectivity index (χ3v) is 3.67. The van der Waals surface area contributed by atoms with E-state index in [0.29, 0.717) is 32.2 Å². The Balaban J connectivity index is 1.61. The standard InChI is InChI=1S/C13H25N3O2/c1-12(11-15-4-2-3-5-15)10-14-13(17)16-6-8-18-9-7-16/h12H,2-11H2,1H3,(H,14,17). The number of likely N-dealkylation sites (tertiary alicyclic amines) is 1. The van der Waals surface area contributed by atoms with Gasteiger partial charge in [-0.15, -0.1) is 0 Å². The van der Waals surface area contributed by atoms with Gasteiger partial charge >= 0.3 is 6.03 Å². The van der Waals surface area contributed by atoms with E-state index in [4.69, 9.17) is 4.74 Å². The zero-order valence-corrected chi connectivity index (χ0v) is 11.4. The van der Waals surface area contributed by atoms with E-state index in [9.17, 15) is 4.79 Å². The fourth-order valence-electron chi connectivity index (χ4n) is 2.61. The lowest BCUT2D eigenvalue weighted by Gasteiger charge is -2.28. The minimum Gasteiger partial charge on any atom is -0.378 e. The van der Waals surface area contributed by atoms with Crippen molar-refractivity contribution in [3.8, 4) is 0 Å². The van der Waals surface area contributed by atoms with Gasteiger partial charge in [0.05, 0.1) is 13.2 Å². The summed E-state index contributed by atoms with van der Waals surface area (Å²) in [4.78, 5) is 16.2. The Morgan fingerprint density at radius 1 is 1.22 bits per heavy atom.